The molecule has 3 N–H and O–H groups in total. The molecular formula is C7H13N3O2S. The van der Waals surface area contributed by atoms with Crippen molar-refractivity contribution < 1.29 is 9.63 Å². The first kappa shape index (κ1) is 10.5. The van der Waals surface area contributed by atoms with Crippen molar-refractivity contribution in [3.05, 3.63) is 11.7 Å². The third-order valence-electron chi connectivity index (χ3n) is 1.56. The number of nitrogens with zero attached hydrogens (tertiary/aromatic N) is 2. The number of hydrogen-bond acceptors (Lipinski definition) is 6. The molecule has 0 amide bonds. The molecule has 0 radical (unpaired) electrons. The quantitative estimate of drug-likeness (QED) is 0.732. The number of aromatic nitrogens is 2. The number of nitrogens with two attached hydrogens (primary N) is 1. The summed E-state index contributed by atoms with van der Waals surface area (Å²) in [5.41, 5.74) is 5.59. The van der Waals surface area contributed by atoms with Crippen LogP contribution in [0.4, 0.5) is 0 Å². The fraction of sp³-hybridized carbons (Fsp3) is 0.714. The lowest BCUT2D eigenvalue weighted by Crippen LogP contribution is -2.23. The van der Waals surface area contributed by atoms with E-state index in [4.69, 9.17) is 15.4 Å². The smallest absolute Gasteiger partial charge is 0.246 e. The Kier molecular flexibility index (Phi) is 3.71. The van der Waals surface area contributed by atoms with Gasteiger partial charge in [-0.3, -0.25) is 0 Å². The Labute approximate surface area is 80.7 Å². The van der Waals surface area contributed by atoms with Gasteiger partial charge in [0, 0.05) is 0 Å². The molecule has 2 unspecified atom stereocenters. The zero-order valence-electron chi connectivity index (χ0n) is 7.60. The summed E-state index contributed by atoms with van der Waals surface area (Å²) in [4.78, 5) is 4.04. The van der Waals surface area contributed by atoms with Gasteiger partial charge < -0.3 is 15.4 Å². The summed E-state index contributed by atoms with van der Waals surface area (Å²) in [5, 5.41) is 12.9. The second-order valence-electron chi connectivity index (χ2n) is 2.75. The van der Waals surface area contributed by atoms with Crippen LogP contribution in [0.1, 0.15) is 24.7 Å². The van der Waals surface area contributed by atoms with Crippen LogP contribution in [0.2, 0.25) is 0 Å². The van der Waals surface area contributed by atoms with Crippen molar-refractivity contribution in [3.63, 3.8) is 0 Å². The van der Waals surface area contributed by atoms with Gasteiger partial charge in [0.05, 0.1) is 11.9 Å². The highest BCUT2D eigenvalue weighted by Gasteiger charge is 2.18. The highest BCUT2D eigenvalue weighted by atomic mass is 32.2. The molecule has 13 heavy (non-hydrogen) atoms. The topological polar surface area (TPSA) is 85.2 Å². The Morgan fingerprint density at radius 2 is 2.38 bits per heavy atom. The zero-order valence-corrected chi connectivity index (χ0v) is 8.41. The molecule has 0 aliphatic heterocycles. The number of aliphatic hydroxyl groups excluding tert-OH is 1. The van der Waals surface area contributed by atoms with Gasteiger partial charge in [-0.2, -0.15) is 16.7 Å². The Morgan fingerprint density at radius 1 is 1.69 bits per heavy atom. The van der Waals surface area contributed by atoms with Crippen LogP contribution in [0.15, 0.2) is 4.52 Å². The first-order chi connectivity index (χ1) is 6.15. The minimum Gasteiger partial charge on any atom is -0.391 e. The van der Waals surface area contributed by atoms with Gasteiger partial charge in [-0.1, -0.05) is 5.16 Å². The molecule has 0 bridgehead atoms. The maximum Gasteiger partial charge on any atom is 0.246 e. The lowest BCUT2D eigenvalue weighted by atomic mass is 10.2. The van der Waals surface area contributed by atoms with E-state index in [-0.39, 0.29) is 0 Å². The van der Waals surface area contributed by atoms with Gasteiger partial charge in [0.15, 0.2) is 5.82 Å². The molecule has 1 rings (SSSR count). The second-order valence-corrected chi connectivity index (χ2v) is 3.61. The van der Waals surface area contributed by atoms with Gasteiger partial charge in [0.25, 0.3) is 0 Å². The maximum atomic E-state index is 9.16. The number of thioether (sulfide) groups is 1. The average Bonchev–Trinajstić information content (AvgIpc) is 2.52. The predicted octanol–water partition coefficient (Wildman–Crippen LogP) is 0.313. The van der Waals surface area contributed by atoms with E-state index in [1.807, 2.05) is 6.26 Å². The van der Waals surface area contributed by atoms with Crippen LogP contribution in [0.3, 0.4) is 0 Å². The lowest BCUT2D eigenvalue weighted by molar-refractivity contribution is 0.146. The minimum atomic E-state index is -0.678. The van der Waals surface area contributed by atoms with E-state index in [0.717, 1.165) is 0 Å². The van der Waals surface area contributed by atoms with Crippen molar-refractivity contribution in [3.8, 4) is 0 Å². The fourth-order valence-electron chi connectivity index (χ4n) is 0.797. The van der Waals surface area contributed by atoms with Crippen molar-refractivity contribution in [2.45, 2.75) is 24.8 Å². The molecule has 1 aromatic rings. The van der Waals surface area contributed by atoms with E-state index in [1.165, 1.54) is 0 Å². The minimum absolute atomic E-state index is 0.291. The largest absolute Gasteiger partial charge is 0.391 e. The van der Waals surface area contributed by atoms with Gasteiger partial charge in [0.2, 0.25) is 5.89 Å². The zero-order chi connectivity index (χ0) is 9.84. The summed E-state index contributed by atoms with van der Waals surface area (Å²) >= 11 is 1.60. The fourth-order valence-corrected chi connectivity index (χ4v) is 1.17. The van der Waals surface area contributed by atoms with Crippen LogP contribution in [0, 0.1) is 0 Å². The van der Waals surface area contributed by atoms with E-state index < -0.39 is 12.1 Å². The monoisotopic (exact) mass is 203 g/mol. The molecule has 0 saturated carbocycles. The summed E-state index contributed by atoms with van der Waals surface area (Å²) in [6, 6.07) is -0.594. The average molecular weight is 203 g/mol. The summed E-state index contributed by atoms with van der Waals surface area (Å²) in [6.07, 6.45) is 1.27. The van der Waals surface area contributed by atoms with Crippen molar-refractivity contribution in [2.24, 2.45) is 5.73 Å². The van der Waals surface area contributed by atoms with Crippen LogP contribution in [0.25, 0.3) is 0 Å². The Morgan fingerprint density at radius 3 is 2.92 bits per heavy atom. The first-order valence-corrected chi connectivity index (χ1v) is 5.29. The van der Waals surface area contributed by atoms with Crippen LogP contribution in [0.5, 0.6) is 0 Å². The van der Waals surface area contributed by atoms with Crippen LogP contribution < -0.4 is 5.73 Å². The SMILES string of the molecule is CSCc1noc(C(N)C(C)O)n1. The molecule has 2 atom stereocenters. The summed E-state index contributed by atoms with van der Waals surface area (Å²) in [6.45, 7) is 1.59. The molecule has 0 fully saturated rings. The normalized spacial score (nSPS) is 15.7. The van der Waals surface area contributed by atoms with Crippen molar-refractivity contribution in [2.75, 3.05) is 6.26 Å². The van der Waals surface area contributed by atoms with Crippen LogP contribution in [-0.2, 0) is 5.75 Å². The van der Waals surface area contributed by atoms with Gasteiger partial charge in [-0.15, -0.1) is 0 Å². The van der Waals surface area contributed by atoms with Gasteiger partial charge >= 0.3 is 0 Å². The molecule has 6 heteroatoms. The Hall–Kier alpha value is -0.590. The van der Waals surface area contributed by atoms with E-state index in [9.17, 15) is 0 Å². The van der Waals surface area contributed by atoms with E-state index >= 15 is 0 Å². The van der Waals surface area contributed by atoms with E-state index in [2.05, 4.69) is 10.1 Å². The van der Waals surface area contributed by atoms with E-state index in [0.29, 0.717) is 17.5 Å². The van der Waals surface area contributed by atoms with Crippen LogP contribution in [-0.4, -0.2) is 27.6 Å². The first-order valence-electron chi connectivity index (χ1n) is 3.90. The molecule has 5 nitrogen and oxygen atoms in total. The molecule has 0 aliphatic carbocycles. The predicted molar refractivity (Wildman–Crippen MR) is 50.1 cm³/mol. The number of rotatable bonds is 4. The van der Waals surface area contributed by atoms with Gasteiger partial charge in [0.1, 0.15) is 6.04 Å². The molecule has 0 saturated heterocycles. The summed E-state index contributed by atoms with van der Waals surface area (Å²) in [5.74, 6) is 1.59. The molecular weight excluding hydrogens is 190 g/mol. The third-order valence-corrected chi connectivity index (χ3v) is 2.11. The molecule has 1 aromatic heterocycles. The second kappa shape index (κ2) is 4.59. The highest BCUT2D eigenvalue weighted by molar-refractivity contribution is 7.97. The molecule has 0 aromatic carbocycles. The third kappa shape index (κ3) is 2.68. The maximum absolute atomic E-state index is 9.16. The standard InChI is InChI=1S/C7H13N3O2S/c1-4(11)6(8)7-9-5(3-13-2)10-12-7/h4,6,11H,3,8H2,1-2H3. The van der Waals surface area contributed by atoms with Crippen LogP contribution >= 0.6 is 11.8 Å². The molecule has 0 spiro atoms. The highest BCUT2D eigenvalue weighted by Crippen LogP contribution is 2.13. The van der Waals surface area contributed by atoms with Gasteiger partial charge in [-0.25, -0.2) is 0 Å². The number of aliphatic hydroxyl groups is 1. The van der Waals surface area contributed by atoms with Gasteiger partial charge in [-0.05, 0) is 13.2 Å². The van der Waals surface area contributed by atoms with Crippen molar-refractivity contribution >= 4 is 11.8 Å². The molecule has 74 valence electrons. The number of hydrogen-bond donors (Lipinski definition) is 2. The lowest BCUT2D eigenvalue weighted by Gasteiger charge is -2.08. The Balaban J connectivity index is 2.67. The van der Waals surface area contributed by atoms with Crippen molar-refractivity contribution in [1.82, 2.24) is 10.1 Å². The molecule has 1 heterocycles. The summed E-state index contributed by atoms with van der Waals surface area (Å²) in [7, 11) is 0. The molecule has 0 aliphatic rings. The Bertz CT molecular complexity index is 264. The summed E-state index contributed by atoms with van der Waals surface area (Å²) < 4.78 is 4.88. The van der Waals surface area contributed by atoms with E-state index in [1.54, 1.807) is 18.7 Å². The van der Waals surface area contributed by atoms with Crippen molar-refractivity contribution in [1.29, 1.82) is 0 Å².